The van der Waals surface area contributed by atoms with Crippen molar-refractivity contribution < 1.29 is 22.7 Å². The second-order valence-corrected chi connectivity index (χ2v) is 11.3. The third-order valence-corrected chi connectivity index (χ3v) is 8.94. The molecule has 10 heteroatoms. The number of carbonyl (C=O) groups excluding carboxylic acids is 2. The molecule has 0 fully saturated rings. The number of nitrogens with zero attached hydrogens (tertiary/aromatic N) is 2. The molecule has 1 N–H and O–H groups in total. The van der Waals surface area contributed by atoms with Gasteiger partial charge in [0.1, 0.15) is 5.00 Å². The minimum atomic E-state index is -3.62. The highest BCUT2D eigenvalue weighted by Gasteiger charge is 2.29. The summed E-state index contributed by atoms with van der Waals surface area (Å²) in [4.78, 5) is 29.0. The maximum absolute atomic E-state index is 13.0. The summed E-state index contributed by atoms with van der Waals surface area (Å²) in [6.07, 6.45) is 2.41. The van der Waals surface area contributed by atoms with Gasteiger partial charge < -0.3 is 15.0 Å². The Kier molecular flexibility index (Phi) is 8.86. The largest absolute Gasteiger partial charge is 0.462 e. The Morgan fingerprint density at radius 2 is 1.88 bits per heavy atom. The lowest BCUT2D eigenvalue weighted by Crippen LogP contribution is -2.31. The molecule has 0 atom stereocenters. The Balaban J connectivity index is 1.83. The number of amides is 1. The number of likely N-dealkylation sites (N-methyl/N-ethyl adjacent to an activating group) is 1. The highest BCUT2D eigenvalue weighted by molar-refractivity contribution is 7.89. The first-order valence-corrected chi connectivity index (χ1v) is 13.9. The van der Waals surface area contributed by atoms with Crippen molar-refractivity contribution in [2.24, 2.45) is 0 Å². The fraction of sp³-hybridized carbons (Fsp3) is 0.500. The second kappa shape index (κ2) is 11.4. The first kappa shape index (κ1) is 26.3. The molecule has 1 aromatic heterocycles. The first-order valence-electron chi connectivity index (χ1n) is 11.6. The van der Waals surface area contributed by atoms with Gasteiger partial charge in [0.25, 0.3) is 5.91 Å². The van der Waals surface area contributed by atoms with Gasteiger partial charge in [-0.05, 0) is 56.6 Å². The molecular formula is C24H33N3O5S2. The van der Waals surface area contributed by atoms with Crippen molar-refractivity contribution in [1.29, 1.82) is 0 Å². The van der Waals surface area contributed by atoms with E-state index in [1.54, 1.807) is 6.92 Å². The number of fused-ring (bicyclic) bond motifs is 1. The predicted molar refractivity (Wildman–Crippen MR) is 134 cm³/mol. The standard InChI is InChI=1S/C24H33N3O5S2/c1-5-8-14-27(6-2)34(30,31)18-11-9-17(10-12-18)22(28)25-23-21(24(29)32-7-3)19-13-15-26(4)16-20(19)33-23/h9-12H,5-8,13-16H2,1-4H3,(H,25,28). The van der Waals surface area contributed by atoms with Gasteiger partial charge in [0.05, 0.1) is 17.1 Å². The third kappa shape index (κ3) is 5.68. The number of hydrogen-bond acceptors (Lipinski definition) is 7. The second-order valence-electron chi connectivity index (χ2n) is 8.24. The van der Waals surface area contributed by atoms with Crippen molar-refractivity contribution in [1.82, 2.24) is 9.21 Å². The zero-order valence-corrected chi connectivity index (χ0v) is 21.9. The Labute approximate surface area is 205 Å². The molecular weight excluding hydrogens is 474 g/mol. The minimum Gasteiger partial charge on any atom is -0.462 e. The van der Waals surface area contributed by atoms with Crippen LogP contribution in [0.15, 0.2) is 29.2 Å². The van der Waals surface area contributed by atoms with E-state index in [2.05, 4.69) is 10.2 Å². The van der Waals surface area contributed by atoms with Crippen LogP contribution in [0.2, 0.25) is 0 Å². The van der Waals surface area contributed by atoms with E-state index >= 15 is 0 Å². The van der Waals surface area contributed by atoms with E-state index < -0.39 is 21.9 Å². The molecule has 34 heavy (non-hydrogen) atoms. The summed E-state index contributed by atoms with van der Waals surface area (Å²) in [5, 5.41) is 3.33. The molecule has 1 aliphatic heterocycles. The number of nitrogens with one attached hydrogen (secondary N) is 1. The molecule has 0 radical (unpaired) electrons. The number of rotatable bonds is 10. The lowest BCUT2D eigenvalue weighted by atomic mass is 10.0. The predicted octanol–water partition coefficient (Wildman–Crippen LogP) is 3.98. The zero-order chi connectivity index (χ0) is 24.9. The molecule has 3 rings (SSSR count). The lowest BCUT2D eigenvalue weighted by Gasteiger charge is -2.22. The van der Waals surface area contributed by atoms with Crippen LogP contribution in [-0.2, 0) is 27.7 Å². The van der Waals surface area contributed by atoms with Gasteiger partial charge in [0.2, 0.25) is 10.0 Å². The van der Waals surface area contributed by atoms with E-state index in [4.69, 9.17) is 4.74 Å². The summed E-state index contributed by atoms with van der Waals surface area (Å²) in [5.41, 5.74) is 1.68. The molecule has 1 aliphatic rings. The number of unbranched alkanes of at least 4 members (excludes halogenated alkanes) is 1. The lowest BCUT2D eigenvalue weighted by molar-refractivity contribution is 0.0526. The van der Waals surface area contributed by atoms with Gasteiger partial charge in [-0.25, -0.2) is 13.2 Å². The van der Waals surface area contributed by atoms with Crippen LogP contribution in [-0.4, -0.2) is 62.8 Å². The maximum Gasteiger partial charge on any atom is 0.341 e. The normalized spacial score (nSPS) is 14.1. The summed E-state index contributed by atoms with van der Waals surface area (Å²) < 4.78 is 32.6. The Hall–Kier alpha value is -2.27. The number of hydrogen-bond donors (Lipinski definition) is 1. The molecule has 2 aromatic rings. The minimum absolute atomic E-state index is 0.156. The van der Waals surface area contributed by atoms with E-state index in [0.29, 0.717) is 42.2 Å². The third-order valence-electron chi connectivity index (χ3n) is 5.82. The summed E-state index contributed by atoms with van der Waals surface area (Å²) in [7, 11) is -1.60. The molecule has 1 amide bonds. The number of sulfonamides is 1. The Bertz CT molecular complexity index is 1130. The summed E-state index contributed by atoms with van der Waals surface area (Å²) in [6, 6.07) is 5.92. The number of esters is 1. The van der Waals surface area contributed by atoms with Gasteiger partial charge in [0, 0.05) is 36.6 Å². The Morgan fingerprint density at radius 1 is 1.18 bits per heavy atom. The van der Waals surface area contributed by atoms with Gasteiger partial charge in [-0.15, -0.1) is 11.3 Å². The van der Waals surface area contributed by atoms with Gasteiger partial charge in [-0.1, -0.05) is 20.3 Å². The maximum atomic E-state index is 13.0. The average Bonchev–Trinajstić information content (AvgIpc) is 3.16. The van der Waals surface area contributed by atoms with Gasteiger partial charge in [0.15, 0.2) is 0 Å². The molecule has 2 heterocycles. The van der Waals surface area contributed by atoms with Crippen molar-refractivity contribution >= 4 is 38.2 Å². The number of thiophene rings is 1. The van der Waals surface area contributed by atoms with Gasteiger partial charge in [-0.3, -0.25) is 4.79 Å². The molecule has 0 saturated carbocycles. The van der Waals surface area contributed by atoms with E-state index in [9.17, 15) is 18.0 Å². The Morgan fingerprint density at radius 3 is 2.50 bits per heavy atom. The fourth-order valence-corrected chi connectivity index (χ4v) is 6.72. The topological polar surface area (TPSA) is 96.0 Å². The number of ether oxygens (including phenoxy) is 1. The van der Waals surface area contributed by atoms with Crippen LogP contribution in [0.1, 0.15) is 64.8 Å². The molecule has 8 nitrogen and oxygen atoms in total. The summed E-state index contributed by atoms with van der Waals surface area (Å²) in [6.45, 7) is 8.22. The zero-order valence-electron chi connectivity index (χ0n) is 20.2. The van der Waals surface area contributed by atoms with E-state index in [0.717, 1.165) is 29.8 Å². The monoisotopic (exact) mass is 507 g/mol. The van der Waals surface area contributed by atoms with Crippen LogP contribution in [0.4, 0.5) is 5.00 Å². The van der Waals surface area contributed by atoms with Crippen LogP contribution in [0.25, 0.3) is 0 Å². The van der Waals surface area contributed by atoms with Crippen LogP contribution < -0.4 is 5.32 Å². The molecule has 0 aliphatic carbocycles. The van der Waals surface area contributed by atoms with Crippen LogP contribution >= 0.6 is 11.3 Å². The van der Waals surface area contributed by atoms with Crippen molar-refractivity contribution in [2.45, 2.75) is 51.5 Å². The van der Waals surface area contributed by atoms with Gasteiger partial charge >= 0.3 is 5.97 Å². The van der Waals surface area contributed by atoms with Crippen molar-refractivity contribution in [2.75, 3.05) is 38.6 Å². The van der Waals surface area contributed by atoms with Crippen LogP contribution in [0.5, 0.6) is 0 Å². The highest BCUT2D eigenvalue weighted by Crippen LogP contribution is 2.37. The number of benzene rings is 1. The highest BCUT2D eigenvalue weighted by atomic mass is 32.2. The summed E-state index contributed by atoms with van der Waals surface area (Å²) in [5.74, 6) is -0.840. The van der Waals surface area contributed by atoms with E-state index in [-0.39, 0.29) is 11.5 Å². The van der Waals surface area contributed by atoms with Crippen molar-refractivity contribution in [3.05, 3.63) is 45.8 Å². The molecule has 0 unspecified atom stereocenters. The number of carbonyl (C=O) groups is 2. The smallest absolute Gasteiger partial charge is 0.341 e. The van der Waals surface area contributed by atoms with Gasteiger partial charge in [-0.2, -0.15) is 4.31 Å². The van der Waals surface area contributed by atoms with E-state index in [1.165, 1.54) is 39.9 Å². The first-order chi connectivity index (χ1) is 16.2. The van der Waals surface area contributed by atoms with Crippen LogP contribution in [0.3, 0.4) is 0 Å². The quantitative estimate of drug-likeness (QED) is 0.489. The van der Waals surface area contributed by atoms with Crippen LogP contribution in [0, 0.1) is 0 Å². The molecule has 0 spiro atoms. The average molecular weight is 508 g/mol. The summed E-state index contributed by atoms with van der Waals surface area (Å²) >= 11 is 1.39. The molecule has 186 valence electrons. The fourth-order valence-electron chi connectivity index (χ4n) is 3.92. The molecule has 1 aromatic carbocycles. The number of anilines is 1. The molecule has 0 saturated heterocycles. The van der Waals surface area contributed by atoms with Crippen molar-refractivity contribution in [3.8, 4) is 0 Å². The molecule has 0 bridgehead atoms. The van der Waals surface area contributed by atoms with Crippen molar-refractivity contribution in [3.63, 3.8) is 0 Å². The SMILES string of the molecule is CCCCN(CC)S(=O)(=O)c1ccc(C(=O)Nc2sc3c(c2C(=O)OCC)CCN(C)C3)cc1. The van der Waals surface area contributed by atoms with E-state index in [1.807, 2.05) is 20.9 Å².